The summed E-state index contributed by atoms with van der Waals surface area (Å²) in [5.74, 6) is -8.23. The van der Waals surface area contributed by atoms with Gasteiger partial charge in [0.05, 0.1) is 0 Å². The van der Waals surface area contributed by atoms with Gasteiger partial charge in [-0.2, -0.15) is 52.7 Å². The van der Waals surface area contributed by atoms with Gasteiger partial charge in [0, 0.05) is 5.57 Å². The Kier molecular flexibility index (Phi) is 8.41. The van der Waals surface area contributed by atoms with Gasteiger partial charge in [0.2, 0.25) is 0 Å². The predicted octanol–water partition coefficient (Wildman–Crippen LogP) is 3.55. The number of hydrogen-bond donors (Lipinski definition) is 0. The van der Waals surface area contributed by atoms with E-state index in [1.807, 2.05) is 0 Å². The predicted molar refractivity (Wildman–Crippen MR) is 68.7 cm³/mol. The minimum atomic E-state index is -6.39. The van der Waals surface area contributed by atoms with Gasteiger partial charge in [-0.05, 0) is 6.92 Å². The van der Waals surface area contributed by atoms with E-state index in [1.54, 1.807) is 0 Å². The molecule has 31 heavy (non-hydrogen) atoms. The van der Waals surface area contributed by atoms with E-state index in [1.165, 1.54) is 0 Å². The normalized spacial score (nSPS) is 13.4. The zero-order chi connectivity index (χ0) is 25.2. The third-order valence-corrected chi connectivity index (χ3v) is 2.66. The molecule has 6 nitrogen and oxygen atoms in total. The van der Waals surface area contributed by atoms with Crippen LogP contribution in [0.1, 0.15) is 6.92 Å². The van der Waals surface area contributed by atoms with Gasteiger partial charge >= 0.3 is 42.6 Å². The Bertz CT molecular complexity index is 628. The van der Waals surface area contributed by atoms with Gasteiger partial charge in [0.1, 0.15) is 0 Å². The second-order valence-electron chi connectivity index (χ2n) is 5.37. The summed E-state index contributed by atoms with van der Waals surface area (Å²) in [6.07, 6.45) is -39.3. The van der Waals surface area contributed by atoms with Gasteiger partial charge in [0.15, 0.2) is 0 Å². The molecule has 0 rings (SSSR count). The SMILES string of the molecule is C=C(C)C(=O)OC(C(=O)OC(C(F)(F)F)C(F)(F)F)C(=O)OC(C(F)(F)F)C(F)(F)F. The Labute approximate surface area is 162 Å². The van der Waals surface area contributed by atoms with Gasteiger partial charge in [0.25, 0.3) is 18.3 Å². The first kappa shape index (κ1) is 28.3. The number of rotatable bonds is 6. The zero-order valence-electron chi connectivity index (χ0n) is 14.4. The molecule has 0 atom stereocenters. The van der Waals surface area contributed by atoms with Crippen molar-refractivity contribution in [1.29, 1.82) is 0 Å². The Morgan fingerprint density at radius 3 is 1.06 bits per heavy atom. The molecule has 0 aromatic carbocycles. The van der Waals surface area contributed by atoms with Crippen molar-refractivity contribution in [2.75, 3.05) is 0 Å². The fourth-order valence-corrected chi connectivity index (χ4v) is 1.39. The van der Waals surface area contributed by atoms with Crippen LogP contribution in [-0.2, 0) is 28.6 Å². The van der Waals surface area contributed by atoms with E-state index in [9.17, 15) is 67.1 Å². The molecule has 0 saturated heterocycles. The van der Waals surface area contributed by atoms with Crippen molar-refractivity contribution in [3.05, 3.63) is 12.2 Å². The topological polar surface area (TPSA) is 78.9 Å². The Morgan fingerprint density at radius 2 is 0.871 bits per heavy atom. The van der Waals surface area contributed by atoms with E-state index in [2.05, 4.69) is 20.8 Å². The molecule has 0 spiro atoms. The van der Waals surface area contributed by atoms with Crippen molar-refractivity contribution in [3.8, 4) is 0 Å². The van der Waals surface area contributed by atoms with Crippen molar-refractivity contribution < 1.29 is 81.3 Å². The average molecular weight is 488 g/mol. The van der Waals surface area contributed by atoms with Crippen molar-refractivity contribution in [2.24, 2.45) is 0 Å². The summed E-state index contributed by atoms with van der Waals surface area (Å²) in [5, 5.41) is 0. The Hall–Kier alpha value is -2.69. The molecule has 0 aliphatic heterocycles. The molecular weight excluding hydrogens is 480 g/mol. The molecule has 0 aliphatic rings. The van der Waals surface area contributed by atoms with Crippen LogP contribution in [0.3, 0.4) is 0 Å². The van der Waals surface area contributed by atoms with E-state index >= 15 is 0 Å². The molecule has 180 valence electrons. The van der Waals surface area contributed by atoms with Crippen LogP contribution in [0.25, 0.3) is 0 Å². The second-order valence-corrected chi connectivity index (χ2v) is 5.37. The molecule has 0 heterocycles. The fourth-order valence-electron chi connectivity index (χ4n) is 1.39. The summed E-state index contributed by atoms with van der Waals surface area (Å²) in [4.78, 5) is 34.4. The van der Waals surface area contributed by atoms with Crippen molar-refractivity contribution in [2.45, 2.75) is 49.9 Å². The highest BCUT2D eigenvalue weighted by Crippen LogP contribution is 2.37. The van der Waals surface area contributed by atoms with Crippen LogP contribution >= 0.6 is 0 Å². The quantitative estimate of drug-likeness (QED) is 0.187. The third kappa shape index (κ3) is 8.52. The summed E-state index contributed by atoms with van der Waals surface area (Å²) in [7, 11) is 0. The Balaban J connectivity index is 6.05. The minimum absolute atomic E-state index is 0.721. The van der Waals surface area contributed by atoms with Gasteiger partial charge in [-0.15, -0.1) is 0 Å². The van der Waals surface area contributed by atoms with Crippen molar-refractivity contribution in [3.63, 3.8) is 0 Å². The molecule has 0 aromatic rings. The molecule has 0 saturated carbocycles. The van der Waals surface area contributed by atoms with Crippen molar-refractivity contribution in [1.82, 2.24) is 0 Å². The summed E-state index contributed by atoms with van der Waals surface area (Å²) in [5.41, 5.74) is -0.822. The lowest BCUT2D eigenvalue weighted by molar-refractivity contribution is -0.318. The van der Waals surface area contributed by atoms with E-state index < -0.39 is 66.5 Å². The highest BCUT2D eigenvalue weighted by Gasteiger charge is 2.62. The molecule has 0 radical (unpaired) electrons. The van der Waals surface area contributed by atoms with Gasteiger partial charge in [-0.25, -0.2) is 14.4 Å². The lowest BCUT2D eigenvalue weighted by Gasteiger charge is -2.26. The number of hydrogen-bond acceptors (Lipinski definition) is 6. The zero-order valence-corrected chi connectivity index (χ0v) is 14.4. The molecule has 0 bridgehead atoms. The highest BCUT2D eigenvalue weighted by molar-refractivity contribution is 6.01. The van der Waals surface area contributed by atoms with Gasteiger partial charge in [-0.3, -0.25) is 0 Å². The maximum Gasteiger partial charge on any atom is 0.434 e. The lowest BCUT2D eigenvalue weighted by Crippen LogP contribution is -2.51. The van der Waals surface area contributed by atoms with Crippen LogP contribution < -0.4 is 0 Å². The van der Waals surface area contributed by atoms with Crippen LogP contribution in [0, 0.1) is 0 Å². The van der Waals surface area contributed by atoms with Crippen LogP contribution in [0.15, 0.2) is 12.2 Å². The summed E-state index contributed by atoms with van der Waals surface area (Å²) >= 11 is 0. The molecular formula is C13H8F12O6. The minimum Gasteiger partial charge on any atom is -0.440 e. The first-order valence-corrected chi connectivity index (χ1v) is 7.04. The van der Waals surface area contributed by atoms with Crippen molar-refractivity contribution >= 4 is 17.9 Å². The van der Waals surface area contributed by atoms with Crippen LogP contribution in [0.4, 0.5) is 52.7 Å². The first-order valence-electron chi connectivity index (χ1n) is 7.04. The molecule has 0 fully saturated rings. The summed E-state index contributed by atoms with van der Waals surface area (Å²) in [6, 6.07) is 0. The number of carbonyl (C=O) groups excluding carboxylic acids is 3. The standard InChI is InChI=1S/C13H8F12O6/c1-3(2)5(26)29-4(6(27)30-8(10(14,15)16)11(17,18)19)7(28)31-9(12(20,21)22)13(23,24)25/h4,8-9H,1H2,2H3. The van der Waals surface area contributed by atoms with E-state index in [-0.39, 0.29) is 0 Å². The summed E-state index contributed by atoms with van der Waals surface area (Å²) < 4.78 is 159. The van der Waals surface area contributed by atoms with Gasteiger partial charge < -0.3 is 14.2 Å². The van der Waals surface area contributed by atoms with E-state index in [0.29, 0.717) is 0 Å². The van der Waals surface area contributed by atoms with E-state index in [4.69, 9.17) is 0 Å². The number of esters is 3. The van der Waals surface area contributed by atoms with Crippen LogP contribution in [-0.4, -0.2) is 60.9 Å². The molecule has 0 aliphatic carbocycles. The number of halogens is 12. The lowest BCUT2D eigenvalue weighted by atomic mass is 10.3. The van der Waals surface area contributed by atoms with Gasteiger partial charge in [-0.1, -0.05) is 6.58 Å². The number of carbonyl (C=O) groups is 3. The Morgan fingerprint density at radius 1 is 0.613 bits per heavy atom. The average Bonchev–Trinajstić information content (AvgIpc) is 2.50. The molecule has 0 amide bonds. The number of alkyl halides is 12. The molecule has 0 N–H and O–H groups in total. The number of ether oxygens (including phenoxy) is 3. The molecule has 18 heteroatoms. The van der Waals surface area contributed by atoms with E-state index in [0.717, 1.165) is 6.92 Å². The monoisotopic (exact) mass is 488 g/mol. The largest absolute Gasteiger partial charge is 0.440 e. The first-order chi connectivity index (χ1) is 13.5. The highest BCUT2D eigenvalue weighted by atomic mass is 19.4. The van der Waals surface area contributed by atoms with Crippen LogP contribution in [0.2, 0.25) is 0 Å². The maximum absolute atomic E-state index is 12.4. The summed E-state index contributed by atoms with van der Waals surface area (Å²) in [6.45, 7) is 3.53. The molecule has 0 aromatic heterocycles. The molecule has 0 unspecified atom stereocenters. The fraction of sp³-hybridized carbons (Fsp3) is 0.615. The second kappa shape index (κ2) is 9.21. The van der Waals surface area contributed by atoms with Crippen LogP contribution in [0.5, 0.6) is 0 Å². The third-order valence-electron chi connectivity index (χ3n) is 2.66. The maximum atomic E-state index is 12.4. The smallest absolute Gasteiger partial charge is 0.434 e.